The van der Waals surface area contributed by atoms with Crippen LogP contribution in [0.2, 0.25) is 0 Å². The SMILES string of the molecule is COc1cccc(COc2ccc3c(c2)nc(N)c2nc4n(c23)CCOC4)c1. The zero-order valence-corrected chi connectivity index (χ0v) is 15.5. The van der Waals surface area contributed by atoms with Crippen LogP contribution in [0.1, 0.15) is 11.4 Å². The number of nitrogen functional groups attached to an aromatic ring is 1. The lowest BCUT2D eigenvalue weighted by molar-refractivity contribution is 0.0831. The third-order valence-electron chi connectivity index (χ3n) is 4.98. The topological polar surface area (TPSA) is 84.4 Å². The minimum atomic E-state index is 0.425. The molecule has 0 atom stereocenters. The van der Waals surface area contributed by atoms with E-state index < -0.39 is 0 Å². The third-order valence-corrected chi connectivity index (χ3v) is 4.98. The van der Waals surface area contributed by atoms with Crippen LogP contribution in [0, 0.1) is 0 Å². The van der Waals surface area contributed by atoms with Crippen molar-refractivity contribution in [3.8, 4) is 11.5 Å². The first-order valence-electron chi connectivity index (χ1n) is 9.15. The molecule has 4 aromatic rings. The molecule has 1 aliphatic rings. The molecule has 0 fully saturated rings. The summed E-state index contributed by atoms with van der Waals surface area (Å²) >= 11 is 0. The zero-order valence-electron chi connectivity index (χ0n) is 15.5. The van der Waals surface area contributed by atoms with Gasteiger partial charge in [0.2, 0.25) is 0 Å². The van der Waals surface area contributed by atoms with Gasteiger partial charge in [0.1, 0.15) is 36.1 Å². The molecule has 7 nitrogen and oxygen atoms in total. The number of aromatic nitrogens is 3. The lowest BCUT2D eigenvalue weighted by Crippen LogP contribution is -2.16. The van der Waals surface area contributed by atoms with Gasteiger partial charge in [0.15, 0.2) is 5.82 Å². The molecule has 0 saturated carbocycles. The summed E-state index contributed by atoms with van der Waals surface area (Å²) in [5.74, 6) is 2.86. The van der Waals surface area contributed by atoms with E-state index in [0.717, 1.165) is 51.4 Å². The molecule has 0 radical (unpaired) electrons. The van der Waals surface area contributed by atoms with Gasteiger partial charge >= 0.3 is 0 Å². The fourth-order valence-electron chi connectivity index (χ4n) is 3.63. The Morgan fingerprint density at radius 2 is 2.07 bits per heavy atom. The van der Waals surface area contributed by atoms with E-state index in [4.69, 9.17) is 19.9 Å². The Kier molecular flexibility index (Phi) is 4.02. The van der Waals surface area contributed by atoms with Crippen molar-refractivity contribution in [1.29, 1.82) is 0 Å². The molecule has 2 aromatic heterocycles. The standard InChI is InChI=1S/C21H20N4O3/c1-26-14-4-2-3-13(9-14)11-28-15-5-6-16-17(10-15)23-21(22)19-20(16)25-7-8-27-12-18(25)24-19/h2-6,9-10H,7-8,11-12H2,1H3,(H2,22,23). The maximum atomic E-state index is 6.20. The average Bonchev–Trinajstić information content (AvgIpc) is 3.13. The van der Waals surface area contributed by atoms with Gasteiger partial charge in [0.05, 0.1) is 24.8 Å². The zero-order chi connectivity index (χ0) is 19.1. The molecule has 142 valence electrons. The lowest BCUT2D eigenvalue weighted by Gasteiger charge is -2.15. The number of hydrogen-bond donors (Lipinski definition) is 1. The number of nitrogens with zero attached hydrogens (tertiary/aromatic N) is 3. The van der Waals surface area contributed by atoms with Gasteiger partial charge in [0, 0.05) is 18.0 Å². The number of methoxy groups -OCH3 is 1. The second-order valence-corrected chi connectivity index (χ2v) is 6.75. The summed E-state index contributed by atoms with van der Waals surface area (Å²) in [5.41, 5.74) is 9.78. The summed E-state index contributed by atoms with van der Waals surface area (Å²) in [6.07, 6.45) is 0. The molecule has 0 saturated heterocycles. The van der Waals surface area contributed by atoms with E-state index in [1.807, 2.05) is 42.5 Å². The van der Waals surface area contributed by atoms with Crippen molar-refractivity contribution in [3.63, 3.8) is 0 Å². The molecule has 7 heteroatoms. The lowest BCUT2D eigenvalue weighted by atomic mass is 10.1. The van der Waals surface area contributed by atoms with Crippen molar-refractivity contribution in [1.82, 2.24) is 14.5 Å². The summed E-state index contributed by atoms with van der Waals surface area (Å²) in [7, 11) is 1.65. The highest BCUT2D eigenvalue weighted by atomic mass is 16.5. The second kappa shape index (κ2) is 6.69. The van der Waals surface area contributed by atoms with Gasteiger partial charge in [-0.2, -0.15) is 0 Å². The Labute approximate surface area is 161 Å². The number of pyridine rings is 1. The van der Waals surface area contributed by atoms with E-state index in [1.165, 1.54) is 0 Å². The van der Waals surface area contributed by atoms with Crippen molar-refractivity contribution < 1.29 is 14.2 Å². The van der Waals surface area contributed by atoms with Crippen molar-refractivity contribution >= 4 is 27.8 Å². The monoisotopic (exact) mass is 376 g/mol. The fraction of sp³-hybridized carbons (Fsp3) is 0.238. The number of nitrogens with two attached hydrogens (primary N) is 1. The Morgan fingerprint density at radius 1 is 1.14 bits per heavy atom. The molecule has 0 bridgehead atoms. The molecule has 2 N–H and O–H groups in total. The molecule has 0 unspecified atom stereocenters. The highest BCUT2D eigenvalue weighted by Gasteiger charge is 2.20. The first-order valence-corrected chi connectivity index (χ1v) is 9.15. The maximum absolute atomic E-state index is 6.20. The minimum absolute atomic E-state index is 0.425. The molecular weight excluding hydrogens is 356 g/mol. The summed E-state index contributed by atoms with van der Waals surface area (Å²) < 4.78 is 18.9. The molecular formula is C21H20N4O3. The van der Waals surface area contributed by atoms with Crippen molar-refractivity contribution in [2.45, 2.75) is 19.8 Å². The van der Waals surface area contributed by atoms with Crippen LogP contribution in [-0.4, -0.2) is 28.3 Å². The van der Waals surface area contributed by atoms with E-state index in [2.05, 4.69) is 14.5 Å². The summed E-state index contributed by atoms with van der Waals surface area (Å²) in [5, 5.41) is 1.01. The summed E-state index contributed by atoms with van der Waals surface area (Å²) in [6, 6.07) is 13.7. The van der Waals surface area contributed by atoms with Crippen LogP contribution in [0.4, 0.5) is 5.82 Å². The Balaban J connectivity index is 1.51. The predicted molar refractivity (Wildman–Crippen MR) is 106 cm³/mol. The number of ether oxygens (including phenoxy) is 3. The first kappa shape index (κ1) is 16.8. The second-order valence-electron chi connectivity index (χ2n) is 6.75. The van der Waals surface area contributed by atoms with Crippen LogP contribution in [0.25, 0.3) is 21.9 Å². The quantitative estimate of drug-likeness (QED) is 0.588. The van der Waals surface area contributed by atoms with Crippen LogP contribution in [-0.2, 0) is 24.5 Å². The smallest absolute Gasteiger partial charge is 0.152 e. The Bertz CT molecular complexity index is 1190. The van der Waals surface area contributed by atoms with Gasteiger partial charge in [-0.1, -0.05) is 12.1 Å². The number of imidazole rings is 1. The highest BCUT2D eigenvalue weighted by Crippen LogP contribution is 2.32. The number of fused-ring (bicyclic) bond motifs is 5. The van der Waals surface area contributed by atoms with Crippen LogP contribution in [0.3, 0.4) is 0 Å². The van der Waals surface area contributed by atoms with E-state index >= 15 is 0 Å². The molecule has 2 aromatic carbocycles. The maximum Gasteiger partial charge on any atom is 0.152 e. The van der Waals surface area contributed by atoms with Crippen molar-refractivity contribution in [2.24, 2.45) is 0 Å². The van der Waals surface area contributed by atoms with Crippen LogP contribution in [0.15, 0.2) is 42.5 Å². The van der Waals surface area contributed by atoms with Gasteiger partial charge in [-0.25, -0.2) is 9.97 Å². The first-order chi connectivity index (χ1) is 13.7. The number of hydrogen-bond acceptors (Lipinski definition) is 6. The molecule has 0 amide bonds. The van der Waals surface area contributed by atoms with E-state index in [-0.39, 0.29) is 0 Å². The molecule has 0 aliphatic carbocycles. The largest absolute Gasteiger partial charge is 0.497 e. The fourth-order valence-corrected chi connectivity index (χ4v) is 3.63. The Hall–Kier alpha value is -3.32. The molecule has 0 spiro atoms. The van der Waals surface area contributed by atoms with Gasteiger partial charge in [0.25, 0.3) is 0 Å². The van der Waals surface area contributed by atoms with Crippen molar-refractivity contribution in [3.05, 3.63) is 53.9 Å². The highest BCUT2D eigenvalue weighted by molar-refractivity contribution is 6.06. The molecule has 3 heterocycles. The van der Waals surface area contributed by atoms with E-state index in [1.54, 1.807) is 7.11 Å². The van der Waals surface area contributed by atoms with Crippen LogP contribution in [0.5, 0.6) is 11.5 Å². The average molecular weight is 376 g/mol. The van der Waals surface area contributed by atoms with E-state index in [0.29, 0.717) is 25.6 Å². The van der Waals surface area contributed by atoms with E-state index in [9.17, 15) is 0 Å². The van der Waals surface area contributed by atoms with Gasteiger partial charge in [-0.3, -0.25) is 0 Å². The summed E-state index contributed by atoms with van der Waals surface area (Å²) in [6.45, 7) is 2.37. The Morgan fingerprint density at radius 3 is 2.96 bits per heavy atom. The normalized spacial score (nSPS) is 13.6. The number of benzene rings is 2. The number of rotatable bonds is 4. The summed E-state index contributed by atoms with van der Waals surface area (Å²) in [4.78, 5) is 9.18. The molecule has 28 heavy (non-hydrogen) atoms. The molecule has 5 rings (SSSR count). The van der Waals surface area contributed by atoms with Gasteiger partial charge in [-0.15, -0.1) is 0 Å². The minimum Gasteiger partial charge on any atom is -0.497 e. The van der Waals surface area contributed by atoms with Crippen LogP contribution < -0.4 is 15.2 Å². The third kappa shape index (κ3) is 2.80. The van der Waals surface area contributed by atoms with Crippen LogP contribution >= 0.6 is 0 Å². The van der Waals surface area contributed by atoms with Crippen molar-refractivity contribution in [2.75, 3.05) is 19.5 Å². The molecule has 1 aliphatic heterocycles. The number of anilines is 1. The predicted octanol–water partition coefficient (Wildman–Crippen LogP) is 3.28. The van der Waals surface area contributed by atoms with Gasteiger partial charge in [-0.05, 0) is 29.8 Å². The van der Waals surface area contributed by atoms with Gasteiger partial charge < -0.3 is 24.5 Å².